The Balaban J connectivity index is 1.48. The Kier molecular flexibility index (Phi) is 7.30. The molecule has 0 aliphatic heterocycles. The first-order chi connectivity index (χ1) is 15.3. The van der Waals surface area contributed by atoms with E-state index in [1.54, 1.807) is 0 Å². The van der Waals surface area contributed by atoms with Crippen molar-refractivity contribution in [2.45, 2.75) is 97.1 Å². The Morgan fingerprint density at radius 1 is 1.12 bits per heavy atom. The molecule has 184 valence electrons. The first-order valence-corrected chi connectivity index (χ1v) is 13.3. The van der Waals surface area contributed by atoms with Gasteiger partial charge in [0.15, 0.2) is 0 Å². The Hall–Kier alpha value is -0.650. The summed E-state index contributed by atoms with van der Waals surface area (Å²) in [5, 5.41) is 24.4. The number of carbonyl (C=O) groups excluding carboxylic acids is 1. The van der Waals surface area contributed by atoms with Crippen LogP contribution in [0.2, 0.25) is 0 Å². The highest BCUT2D eigenvalue weighted by molar-refractivity contribution is 5.69. The Morgan fingerprint density at radius 2 is 1.91 bits per heavy atom. The molecule has 0 spiro atoms. The second-order valence-electron chi connectivity index (χ2n) is 12.2. The predicted octanol–water partition coefficient (Wildman–Crippen LogP) is 4.16. The van der Waals surface area contributed by atoms with E-state index in [0.717, 1.165) is 24.7 Å². The Bertz CT molecular complexity index is 670. The van der Waals surface area contributed by atoms with Crippen LogP contribution in [0.4, 0.5) is 0 Å². The van der Waals surface area contributed by atoms with Crippen LogP contribution in [0, 0.1) is 46.3 Å². The molecule has 4 saturated carbocycles. The van der Waals surface area contributed by atoms with E-state index < -0.39 is 0 Å². The molecule has 4 unspecified atom stereocenters. The lowest BCUT2D eigenvalue weighted by Gasteiger charge is -2.62. The van der Waals surface area contributed by atoms with Gasteiger partial charge in [0.25, 0.3) is 0 Å². The smallest absolute Gasteiger partial charge is 0.305 e. The molecule has 0 heterocycles. The zero-order chi connectivity index (χ0) is 23.1. The predicted molar refractivity (Wildman–Crippen MR) is 126 cm³/mol. The third-order valence-corrected chi connectivity index (χ3v) is 11.1. The van der Waals surface area contributed by atoms with Crippen LogP contribution in [0.3, 0.4) is 0 Å². The number of nitrogens with one attached hydrogen (secondary N) is 1. The summed E-state index contributed by atoms with van der Waals surface area (Å²) in [6.45, 7) is 8.13. The van der Waals surface area contributed by atoms with Crippen LogP contribution in [0.15, 0.2) is 0 Å². The Labute approximate surface area is 195 Å². The largest absolute Gasteiger partial charge is 0.469 e. The van der Waals surface area contributed by atoms with Crippen molar-refractivity contribution >= 4 is 5.97 Å². The lowest BCUT2D eigenvalue weighted by Crippen LogP contribution is -2.59. The molecule has 4 rings (SSSR count). The highest BCUT2D eigenvalue weighted by Crippen LogP contribution is 2.68. The SMILES string of the molecule is COC(=O)CCC(C)[C@H]1CCC2C3CC[C@@H]4C[C@H](NCCO)CC[C@]4(C)C3C[C@H](O)[C@@]21C. The van der Waals surface area contributed by atoms with Gasteiger partial charge in [0.2, 0.25) is 0 Å². The van der Waals surface area contributed by atoms with Crippen LogP contribution in [-0.4, -0.2) is 48.6 Å². The first-order valence-electron chi connectivity index (χ1n) is 13.3. The zero-order valence-electron chi connectivity index (χ0n) is 20.8. The minimum absolute atomic E-state index is 0.0141. The van der Waals surface area contributed by atoms with Crippen molar-refractivity contribution in [2.75, 3.05) is 20.3 Å². The van der Waals surface area contributed by atoms with Crippen molar-refractivity contribution in [1.82, 2.24) is 5.32 Å². The van der Waals surface area contributed by atoms with E-state index in [4.69, 9.17) is 4.74 Å². The summed E-state index contributed by atoms with van der Waals surface area (Å²) in [5.74, 6) is 3.55. The van der Waals surface area contributed by atoms with E-state index in [0.29, 0.717) is 48.1 Å². The van der Waals surface area contributed by atoms with Gasteiger partial charge >= 0.3 is 5.97 Å². The minimum atomic E-state index is -0.234. The minimum Gasteiger partial charge on any atom is -0.469 e. The maximum Gasteiger partial charge on any atom is 0.305 e. The molecule has 4 aliphatic carbocycles. The summed E-state index contributed by atoms with van der Waals surface area (Å²) in [4.78, 5) is 11.7. The van der Waals surface area contributed by atoms with E-state index in [2.05, 4.69) is 26.1 Å². The fraction of sp³-hybridized carbons (Fsp3) is 0.963. The number of esters is 1. The number of ether oxygens (including phenoxy) is 1. The highest BCUT2D eigenvalue weighted by Gasteiger charge is 2.63. The molecule has 0 aromatic rings. The fourth-order valence-electron chi connectivity index (χ4n) is 9.29. The number of aliphatic hydroxyl groups is 2. The number of methoxy groups -OCH3 is 1. The van der Waals surface area contributed by atoms with Crippen molar-refractivity contribution < 1.29 is 19.7 Å². The highest BCUT2D eigenvalue weighted by atomic mass is 16.5. The van der Waals surface area contributed by atoms with Gasteiger partial charge in [-0.2, -0.15) is 0 Å². The van der Waals surface area contributed by atoms with Crippen molar-refractivity contribution in [1.29, 1.82) is 0 Å². The second kappa shape index (κ2) is 9.54. The monoisotopic (exact) mass is 449 g/mol. The number of hydrogen-bond donors (Lipinski definition) is 3. The van der Waals surface area contributed by atoms with Crippen LogP contribution >= 0.6 is 0 Å². The number of carbonyl (C=O) groups is 1. The van der Waals surface area contributed by atoms with E-state index in [1.165, 1.54) is 52.1 Å². The summed E-state index contributed by atoms with van der Waals surface area (Å²) in [6, 6.07) is 0.544. The van der Waals surface area contributed by atoms with Gasteiger partial charge in [-0.25, -0.2) is 0 Å². The standard InChI is InChI=1S/C27H47NO4/c1-17(5-10-25(31)32-4)21-8-9-22-20-7-6-18-15-19(28-13-14-29)11-12-26(18,2)23(20)16-24(30)27(21,22)3/h17-24,28-30H,5-16H2,1-4H3/t17?,18-,19-,20?,21-,22?,23?,24+,26+,27-/m1/s1. The molecule has 0 aromatic carbocycles. The van der Waals surface area contributed by atoms with Gasteiger partial charge in [0, 0.05) is 19.0 Å². The van der Waals surface area contributed by atoms with Crippen LogP contribution in [-0.2, 0) is 9.53 Å². The maximum absolute atomic E-state index is 11.7. The summed E-state index contributed by atoms with van der Waals surface area (Å²) in [7, 11) is 1.47. The lowest BCUT2D eigenvalue weighted by molar-refractivity contribution is -0.170. The van der Waals surface area contributed by atoms with Gasteiger partial charge in [0.05, 0.1) is 19.8 Å². The molecule has 0 amide bonds. The van der Waals surface area contributed by atoms with E-state index in [9.17, 15) is 15.0 Å². The van der Waals surface area contributed by atoms with Gasteiger partial charge in [-0.05, 0) is 104 Å². The van der Waals surface area contributed by atoms with Gasteiger partial charge in [0.1, 0.15) is 0 Å². The molecule has 0 bridgehead atoms. The van der Waals surface area contributed by atoms with E-state index >= 15 is 0 Å². The van der Waals surface area contributed by atoms with E-state index in [1.807, 2.05) is 0 Å². The molecule has 3 N–H and O–H groups in total. The van der Waals surface area contributed by atoms with E-state index in [-0.39, 0.29) is 24.1 Å². The molecular formula is C27H47NO4. The van der Waals surface area contributed by atoms with Crippen LogP contribution in [0.5, 0.6) is 0 Å². The molecule has 0 aromatic heterocycles. The van der Waals surface area contributed by atoms with Crippen molar-refractivity contribution in [3.8, 4) is 0 Å². The summed E-state index contributed by atoms with van der Waals surface area (Å²) < 4.78 is 4.87. The van der Waals surface area contributed by atoms with Crippen molar-refractivity contribution in [3.63, 3.8) is 0 Å². The Morgan fingerprint density at radius 3 is 2.62 bits per heavy atom. The van der Waals surface area contributed by atoms with Gasteiger partial charge in [-0.3, -0.25) is 4.79 Å². The average Bonchev–Trinajstić information content (AvgIpc) is 3.15. The van der Waals surface area contributed by atoms with Crippen molar-refractivity contribution in [3.05, 3.63) is 0 Å². The molecule has 32 heavy (non-hydrogen) atoms. The molecule has 4 fully saturated rings. The molecule has 0 radical (unpaired) electrons. The first kappa shape index (κ1) is 24.5. The van der Waals surface area contributed by atoms with Crippen LogP contribution in [0.25, 0.3) is 0 Å². The number of fused-ring (bicyclic) bond motifs is 5. The van der Waals surface area contributed by atoms with Gasteiger partial charge in [-0.1, -0.05) is 20.8 Å². The molecule has 0 saturated heterocycles. The third-order valence-electron chi connectivity index (χ3n) is 11.1. The lowest BCUT2D eigenvalue weighted by atomic mass is 9.43. The number of aliphatic hydroxyl groups excluding tert-OH is 2. The molecule has 5 heteroatoms. The van der Waals surface area contributed by atoms with Gasteiger partial charge < -0.3 is 20.3 Å². The van der Waals surface area contributed by atoms with Crippen LogP contribution in [0.1, 0.15) is 85.0 Å². The number of rotatable bonds is 7. The quantitative estimate of drug-likeness (QED) is 0.509. The van der Waals surface area contributed by atoms with Crippen molar-refractivity contribution in [2.24, 2.45) is 46.3 Å². The topological polar surface area (TPSA) is 78.8 Å². The molecule has 5 nitrogen and oxygen atoms in total. The average molecular weight is 450 g/mol. The summed E-state index contributed by atoms with van der Waals surface area (Å²) in [6.07, 6.45) is 10.8. The summed E-state index contributed by atoms with van der Waals surface area (Å²) in [5.41, 5.74) is 0.330. The van der Waals surface area contributed by atoms with Crippen LogP contribution < -0.4 is 5.32 Å². The zero-order valence-corrected chi connectivity index (χ0v) is 20.8. The molecule has 4 aliphatic rings. The fourth-order valence-corrected chi connectivity index (χ4v) is 9.29. The second-order valence-corrected chi connectivity index (χ2v) is 12.2. The number of hydrogen-bond acceptors (Lipinski definition) is 5. The molecule has 10 atom stereocenters. The summed E-state index contributed by atoms with van der Waals surface area (Å²) >= 11 is 0. The van der Waals surface area contributed by atoms with Gasteiger partial charge in [-0.15, -0.1) is 0 Å². The maximum atomic E-state index is 11.7. The molecular weight excluding hydrogens is 402 g/mol. The third kappa shape index (κ3) is 4.05. The normalized spacial score (nSPS) is 46.6.